The fraction of sp³-hybridized carbons (Fsp3) is 0.231. The van der Waals surface area contributed by atoms with E-state index in [2.05, 4.69) is 4.98 Å². The number of rotatable bonds is 1. The number of ketones is 1. The molecule has 0 saturated carbocycles. The molecule has 2 heteroatoms. The lowest BCUT2D eigenvalue weighted by Gasteiger charge is -2.05. The third-order valence-corrected chi connectivity index (χ3v) is 2.46. The number of aromatic nitrogens is 1. The predicted molar refractivity (Wildman–Crippen MR) is 61.2 cm³/mol. The molecule has 0 radical (unpaired) electrons. The van der Waals surface area contributed by atoms with Crippen LogP contribution in [0.1, 0.15) is 28.5 Å². The molecular formula is C13H13NO. The summed E-state index contributed by atoms with van der Waals surface area (Å²) in [5.74, 6) is 0.0711. The van der Waals surface area contributed by atoms with Gasteiger partial charge < -0.3 is 0 Å². The molecule has 0 atom stereocenters. The Kier molecular flexibility index (Phi) is 2.27. The maximum absolute atomic E-state index is 11.5. The van der Waals surface area contributed by atoms with E-state index in [9.17, 15) is 4.79 Å². The van der Waals surface area contributed by atoms with Gasteiger partial charge in [0.2, 0.25) is 0 Å². The van der Waals surface area contributed by atoms with Crippen LogP contribution in [0.5, 0.6) is 0 Å². The quantitative estimate of drug-likeness (QED) is 0.661. The molecule has 1 heterocycles. The molecule has 2 nitrogen and oxygen atoms in total. The lowest BCUT2D eigenvalue weighted by atomic mass is 10.0. The van der Waals surface area contributed by atoms with E-state index in [1.54, 1.807) is 6.92 Å². The number of aryl methyl sites for hydroxylation is 2. The molecule has 2 aromatic rings. The SMILES string of the molecule is CC(=O)c1cc(C)cc2ccc(C)nc12. The van der Waals surface area contributed by atoms with Crippen molar-refractivity contribution in [1.29, 1.82) is 0 Å². The zero-order chi connectivity index (χ0) is 11.0. The van der Waals surface area contributed by atoms with Crippen molar-refractivity contribution in [2.24, 2.45) is 0 Å². The zero-order valence-corrected chi connectivity index (χ0v) is 9.16. The van der Waals surface area contributed by atoms with Gasteiger partial charge >= 0.3 is 0 Å². The topological polar surface area (TPSA) is 30.0 Å². The van der Waals surface area contributed by atoms with Gasteiger partial charge in [-0.05, 0) is 44.5 Å². The summed E-state index contributed by atoms with van der Waals surface area (Å²) in [5, 5.41) is 1.03. The number of hydrogen-bond acceptors (Lipinski definition) is 2. The summed E-state index contributed by atoms with van der Waals surface area (Å²) in [7, 11) is 0. The maximum Gasteiger partial charge on any atom is 0.162 e. The first-order chi connectivity index (χ1) is 7.08. The van der Waals surface area contributed by atoms with Crippen LogP contribution in [-0.4, -0.2) is 10.8 Å². The maximum atomic E-state index is 11.5. The van der Waals surface area contributed by atoms with Crippen LogP contribution in [0, 0.1) is 13.8 Å². The van der Waals surface area contributed by atoms with Crippen molar-refractivity contribution in [2.75, 3.05) is 0 Å². The average molecular weight is 199 g/mol. The van der Waals surface area contributed by atoms with Crippen LogP contribution in [0.3, 0.4) is 0 Å². The lowest BCUT2D eigenvalue weighted by molar-refractivity contribution is 0.101. The van der Waals surface area contributed by atoms with Gasteiger partial charge in [-0.15, -0.1) is 0 Å². The minimum Gasteiger partial charge on any atom is -0.294 e. The molecule has 0 amide bonds. The molecule has 0 saturated heterocycles. The Morgan fingerprint density at radius 2 is 1.93 bits per heavy atom. The molecule has 76 valence electrons. The van der Waals surface area contributed by atoms with Crippen molar-refractivity contribution in [1.82, 2.24) is 4.98 Å². The second kappa shape index (κ2) is 3.46. The van der Waals surface area contributed by atoms with Gasteiger partial charge in [0.15, 0.2) is 5.78 Å². The van der Waals surface area contributed by atoms with E-state index >= 15 is 0 Å². The molecule has 1 aromatic heterocycles. The summed E-state index contributed by atoms with van der Waals surface area (Å²) in [6.45, 7) is 5.51. The molecule has 15 heavy (non-hydrogen) atoms. The average Bonchev–Trinajstić information content (AvgIpc) is 2.17. The Balaban J connectivity index is 2.87. The number of nitrogens with zero attached hydrogens (tertiary/aromatic N) is 1. The van der Waals surface area contributed by atoms with Gasteiger partial charge in [0.25, 0.3) is 0 Å². The molecule has 2 rings (SSSR count). The highest BCUT2D eigenvalue weighted by molar-refractivity contribution is 6.05. The van der Waals surface area contributed by atoms with E-state index in [1.165, 1.54) is 0 Å². The van der Waals surface area contributed by atoms with Crippen LogP contribution < -0.4 is 0 Å². The summed E-state index contributed by atoms with van der Waals surface area (Å²) in [6.07, 6.45) is 0. The van der Waals surface area contributed by atoms with E-state index in [4.69, 9.17) is 0 Å². The summed E-state index contributed by atoms with van der Waals surface area (Å²) in [6, 6.07) is 7.92. The van der Waals surface area contributed by atoms with Crippen LogP contribution in [-0.2, 0) is 0 Å². The zero-order valence-electron chi connectivity index (χ0n) is 9.16. The molecular weight excluding hydrogens is 186 g/mol. The fourth-order valence-corrected chi connectivity index (χ4v) is 1.75. The van der Waals surface area contributed by atoms with Gasteiger partial charge in [0.05, 0.1) is 5.52 Å². The number of Topliss-reactive ketones (excluding diaryl/α,β-unsaturated/α-hetero) is 1. The molecule has 0 unspecified atom stereocenters. The molecule has 0 spiro atoms. The molecule has 0 aliphatic carbocycles. The Bertz CT molecular complexity index is 543. The Hall–Kier alpha value is -1.70. The number of carbonyl (C=O) groups excluding carboxylic acids is 1. The highest BCUT2D eigenvalue weighted by Gasteiger charge is 2.07. The molecule has 1 aromatic carbocycles. The van der Waals surface area contributed by atoms with Gasteiger partial charge in [-0.1, -0.05) is 6.07 Å². The minimum absolute atomic E-state index is 0.0711. The van der Waals surface area contributed by atoms with Gasteiger partial charge in [-0.3, -0.25) is 9.78 Å². The largest absolute Gasteiger partial charge is 0.294 e. The van der Waals surface area contributed by atoms with Crippen LogP contribution in [0.2, 0.25) is 0 Å². The summed E-state index contributed by atoms with van der Waals surface area (Å²) in [5.41, 5.74) is 3.56. The number of benzene rings is 1. The summed E-state index contributed by atoms with van der Waals surface area (Å²) in [4.78, 5) is 15.9. The van der Waals surface area contributed by atoms with Crippen LogP contribution in [0.25, 0.3) is 10.9 Å². The number of pyridine rings is 1. The second-order valence-corrected chi connectivity index (χ2v) is 3.89. The van der Waals surface area contributed by atoms with E-state index in [-0.39, 0.29) is 5.78 Å². The molecule has 0 fully saturated rings. The van der Waals surface area contributed by atoms with Crippen molar-refractivity contribution < 1.29 is 4.79 Å². The standard InChI is InChI=1S/C13H13NO/c1-8-6-11-5-4-9(2)14-13(11)12(7-8)10(3)15/h4-7H,1-3H3. The van der Waals surface area contributed by atoms with Crippen molar-refractivity contribution in [2.45, 2.75) is 20.8 Å². The summed E-state index contributed by atoms with van der Waals surface area (Å²) >= 11 is 0. The smallest absolute Gasteiger partial charge is 0.162 e. The first kappa shape index (κ1) is 9.84. The Morgan fingerprint density at radius 3 is 2.60 bits per heavy atom. The van der Waals surface area contributed by atoms with Crippen molar-refractivity contribution >= 4 is 16.7 Å². The molecule has 0 bridgehead atoms. The third kappa shape index (κ3) is 1.75. The Labute approximate surface area is 89.0 Å². The lowest BCUT2D eigenvalue weighted by Crippen LogP contribution is -1.97. The third-order valence-electron chi connectivity index (χ3n) is 2.46. The first-order valence-electron chi connectivity index (χ1n) is 4.97. The van der Waals surface area contributed by atoms with Gasteiger partial charge in [-0.25, -0.2) is 0 Å². The van der Waals surface area contributed by atoms with Crippen molar-refractivity contribution in [3.63, 3.8) is 0 Å². The molecule has 0 aliphatic rings. The number of carbonyl (C=O) groups is 1. The van der Waals surface area contributed by atoms with Gasteiger partial charge in [0.1, 0.15) is 0 Å². The monoisotopic (exact) mass is 199 g/mol. The van der Waals surface area contributed by atoms with Crippen LogP contribution in [0.4, 0.5) is 0 Å². The van der Waals surface area contributed by atoms with Crippen molar-refractivity contribution in [3.05, 3.63) is 41.1 Å². The van der Waals surface area contributed by atoms with Gasteiger partial charge in [-0.2, -0.15) is 0 Å². The van der Waals surface area contributed by atoms with Crippen LogP contribution in [0.15, 0.2) is 24.3 Å². The predicted octanol–water partition coefficient (Wildman–Crippen LogP) is 3.05. The highest BCUT2D eigenvalue weighted by Crippen LogP contribution is 2.20. The summed E-state index contributed by atoms with van der Waals surface area (Å²) < 4.78 is 0. The first-order valence-corrected chi connectivity index (χ1v) is 4.97. The van der Waals surface area contributed by atoms with E-state index in [1.807, 2.05) is 38.1 Å². The normalized spacial score (nSPS) is 10.6. The van der Waals surface area contributed by atoms with E-state index < -0.39 is 0 Å². The Morgan fingerprint density at radius 1 is 1.20 bits per heavy atom. The van der Waals surface area contributed by atoms with Crippen LogP contribution >= 0.6 is 0 Å². The van der Waals surface area contributed by atoms with E-state index in [0.717, 1.165) is 22.2 Å². The molecule has 0 N–H and O–H groups in total. The van der Waals surface area contributed by atoms with Crippen molar-refractivity contribution in [3.8, 4) is 0 Å². The van der Waals surface area contributed by atoms with Gasteiger partial charge in [0, 0.05) is 16.6 Å². The highest BCUT2D eigenvalue weighted by atomic mass is 16.1. The van der Waals surface area contributed by atoms with E-state index in [0.29, 0.717) is 5.56 Å². The number of fused-ring (bicyclic) bond motifs is 1. The minimum atomic E-state index is 0.0711. The fourth-order valence-electron chi connectivity index (χ4n) is 1.75. The number of hydrogen-bond donors (Lipinski definition) is 0. The second-order valence-electron chi connectivity index (χ2n) is 3.89. The molecule has 0 aliphatic heterocycles.